The van der Waals surface area contributed by atoms with Crippen molar-refractivity contribution in [2.24, 2.45) is 5.73 Å². The lowest BCUT2D eigenvalue weighted by Crippen LogP contribution is -2.50. The van der Waals surface area contributed by atoms with Crippen LogP contribution in [0.1, 0.15) is 136 Å². The minimum atomic E-state index is -1.35. The summed E-state index contributed by atoms with van der Waals surface area (Å²) in [6.07, 6.45) is 16.9. The topological polar surface area (TPSA) is 188 Å². The molecule has 0 unspecified atom stereocenters. The Morgan fingerprint density at radius 3 is 1.54 bits per heavy atom. The molecule has 11 heteroatoms. The second kappa shape index (κ2) is 25.1. The van der Waals surface area contributed by atoms with Crippen molar-refractivity contribution in [3.05, 3.63) is 0 Å². The third kappa shape index (κ3) is 21.7. The van der Waals surface area contributed by atoms with Gasteiger partial charge in [0.15, 0.2) is 0 Å². The number of aliphatic carboxylic acids is 2. The normalized spacial score (nSPS) is 13.1. The summed E-state index contributed by atoms with van der Waals surface area (Å²) in [6, 6.07) is -3.37. The van der Waals surface area contributed by atoms with Gasteiger partial charge >= 0.3 is 11.9 Å². The van der Waals surface area contributed by atoms with E-state index in [0.717, 1.165) is 25.7 Å². The maximum absolute atomic E-state index is 12.5. The molecule has 0 aromatic heterocycles. The molecule has 0 aliphatic heterocycles. The van der Waals surface area contributed by atoms with Crippen LogP contribution in [0.4, 0.5) is 0 Å². The first-order chi connectivity index (χ1) is 19.6. The standard InChI is InChI=1S/C30H56N4O7/c1-3-4-5-6-7-8-9-10-11-12-13-14-15-19-26(35)32-23(2)28(37)34-25(30(40)41)20-21-27(36)33-24(29(38)39)18-16-17-22-31/h23-25H,3-22,31H2,1-2H3,(H,32,35)(H,33,36)(H,34,37)(H,38,39)(H,40,41)/t23-,24-,25+/m0/s1. The van der Waals surface area contributed by atoms with Crippen LogP contribution in [0, 0.1) is 0 Å². The summed E-state index contributed by atoms with van der Waals surface area (Å²) in [4.78, 5) is 59.8. The summed E-state index contributed by atoms with van der Waals surface area (Å²) in [5.41, 5.74) is 5.41. The summed E-state index contributed by atoms with van der Waals surface area (Å²) in [5, 5.41) is 26.0. The van der Waals surface area contributed by atoms with E-state index >= 15 is 0 Å². The molecule has 0 spiro atoms. The largest absolute Gasteiger partial charge is 0.480 e. The van der Waals surface area contributed by atoms with Gasteiger partial charge in [0, 0.05) is 12.8 Å². The first-order valence-corrected chi connectivity index (χ1v) is 15.7. The van der Waals surface area contributed by atoms with Crippen LogP contribution in [0.3, 0.4) is 0 Å². The van der Waals surface area contributed by atoms with Gasteiger partial charge in [0.25, 0.3) is 0 Å². The molecule has 238 valence electrons. The molecule has 3 atom stereocenters. The zero-order valence-electron chi connectivity index (χ0n) is 25.4. The molecule has 0 rings (SSSR count). The first kappa shape index (κ1) is 38.3. The quantitative estimate of drug-likeness (QED) is 0.0781. The zero-order chi connectivity index (χ0) is 30.9. The fraction of sp³-hybridized carbons (Fsp3) is 0.833. The van der Waals surface area contributed by atoms with Crippen LogP contribution in [0.25, 0.3) is 0 Å². The maximum atomic E-state index is 12.5. The number of carboxylic acid groups (broad SMARTS) is 2. The number of amides is 3. The Balaban J connectivity index is 4.18. The van der Waals surface area contributed by atoms with Crippen LogP contribution in [0.5, 0.6) is 0 Å². The van der Waals surface area contributed by atoms with Gasteiger partial charge in [0.1, 0.15) is 18.1 Å². The lowest BCUT2D eigenvalue weighted by molar-refractivity contribution is -0.143. The Morgan fingerprint density at radius 2 is 1.05 bits per heavy atom. The van der Waals surface area contributed by atoms with Gasteiger partial charge in [-0.1, -0.05) is 84.0 Å². The van der Waals surface area contributed by atoms with Crippen LogP contribution in [0.15, 0.2) is 0 Å². The number of carbonyl (C=O) groups excluding carboxylic acids is 3. The zero-order valence-corrected chi connectivity index (χ0v) is 25.4. The first-order valence-electron chi connectivity index (χ1n) is 15.7. The van der Waals surface area contributed by atoms with Crippen LogP contribution < -0.4 is 21.7 Å². The molecule has 41 heavy (non-hydrogen) atoms. The molecule has 11 nitrogen and oxygen atoms in total. The van der Waals surface area contributed by atoms with Crippen molar-refractivity contribution in [3.8, 4) is 0 Å². The number of rotatable bonds is 27. The van der Waals surface area contributed by atoms with Crippen LogP contribution in [0.2, 0.25) is 0 Å². The number of hydrogen-bond donors (Lipinski definition) is 6. The second-order valence-corrected chi connectivity index (χ2v) is 11.0. The average molecular weight is 585 g/mol. The fourth-order valence-electron chi connectivity index (χ4n) is 4.53. The number of nitrogens with one attached hydrogen (secondary N) is 3. The van der Waals surface area contributed by atoms with Crippen molar-refractivity contribution < 1.29 is 34.2 Å². The highest BCUT2D eigenvalue weighted by atomic mass is 16.4. The average Bonchev–Trinajstić information content (AvgIpc) is 2.92. The van der Waals surface area contributed by atoms with Gasteiger partial charge in [0.05, 0.1) is 0 Å². The molecule has 0 saturated carbocycles. The molecule has 0 bridgehead atoms. The van der Waals surface area contributed by atoms with Crippen molar-refractivity contribution >= 4 is 29.7 Å². The van der Waals surface area contributed by atoms with Gasteiger partial charge < -0.3 is 31.9 Å². The molecular formula is C30H56N4O7. The van der Waals surface area contributed by atoms with Crippen molar-refractivity contribution in [1.82, 2.24) is 16.0 Å². The van der Waals surface area contributed by atoms with E-state index in [1.54, 1.807) is 0 Å². The molecule has 0 radical (unpaired) electrons. The fourth-order valence-corrected chi connectivity index (χ4v) is 4.53. The SMILES string of the molecule is CCCCCCCCCCCCCCCC(=O)N[C@@H](C)C(=O)N[C@H](CCC(=O)N[C@@H](CCCCN)C(=O)O)C(=O)O. The van der Waals surface area contributed by atoms with Crippen LogP contribution >= 0.6 is 0 Å². The van der Waals surface area contributed by atoms with Gasteiger partial charge in [-0.05, 0) is 45.6 Å². The Labute approximate surface area is 246 Å². The lowest BCUT2D eigenvalue weighted by Gasteiger charge is -2.19. The minimum absolute atomic E-state index is 0.216. The summed E-state index contributed by atoms with van der Waals surface area (Å²) in [7, 11) is 0. The van der Waals surface area contributed by atoms with Gasteiger partial charge in [-0.15, -0.1) is 0 Å². The molecule has 0 heterocycles. The Bertz CT molecular complexity index is 763. The maximum Gasteiger partial charge on any atom is 0.326 e. The van der Waals surface area contributed by atoms with E-state index in [0.29, 0.717) is 25.8 Å². The van der Waals surface area contributed by atoms with E-state index in [1.165, 1.54) is 64.7 Å². The Morgan fingerprint density at radius 1 is 0.585 bits per heavy atom. The molecule has 0 saturated heterocycles. The third-order valence-corrected chi connectivity index (χ3v) is 7.13. The Hall–Kier alpha value is -2.69. The van der Waals surface area contributed by atoms with E-state index in [-0.39, 0.29) is 25.2 Å². The van der Waals surface area contributed by atoms with E-state index in [2.05, 4.69) is 22.9 Å². The molecule has 0 aliphatic rings. The van der Waals surface area contributed by atoms with E-state index in [4.69, 9.17) is 5.73 Å². The second-order valence-electron chi connectivity index (χ2n) is 11.0. The van der Waals surface area contributed by atoms with Crippen LogP contribution in [-0.2, 0) is 24.0 Å². The van der Waals surface area contributed by atoms with Gasteiger partial charge in [0.2, 0.25) is 17.7 Å². The smallest absolute Gasteiger partial charge is 0.326 e. The van der Waals surface area contributed by atoms with Crippen molar-refractivity contribution in [2.45, 2.75) is 154 Å². The van der Waals surface area contributed by atoms with Gasteiger partial charge in [-0.2, -0.15) is 0 Å². The highest BCUT2D eigenvalue weighted by molar-refractivity contribution is 5.90. The highest BCUT2D eigenvalue weighted by Gasteiger charge is 2.26. The van der Waals surface area contributed by atoms with E-state index < -0.39 is 41.9 Å². The predicted octanol–water partition coefficient (Wildman–Crippen LogP) is 4.02. The summed E-state index contributed by atoms with van der Waals surface area (Å²) in [6.45, 7) is 4.12. The van der Waals surface area contributed by atoms with Crippen LogP contribution in [-0.4, -0.2) is 64.5 Å². The summed E-state index contributed by atoms with van der Waals surface area (Å²) in [5.74, 6) is -4.06. The number of carboxylic acids is 2. The molecule has 0 aliphatic carbocycles. The number of carbonyl (C=O) groups is 5. The molecule has 3 amide bonds. The summed E-state index contributed by atoms with van der Waals surface area (Å²) < 4.78 is 0. The van der Waals surface area contributed by atoms with Crippen molar-refractivity contribution in [2.75, 3.05) is 6.54 Å². The Kier molecular flexibility index (Phi) is 23.4. The molecular weight excluding hydrogens is 528 g/mol. The predicted molar refractivity (Wildman–Crippen MR) is 159 cm³/mol. The molecule has 0 aromatic carbocycles. The van der Waals surface area contributed by atoms with Gasteiger partial charge in [-0.3, -0.25) is 14.4 Å². The summed E-state index contributed by atoms with van der Waals surface area (Å²) >= 11 is 0. The number of unbranched alkanes of at least 4 members (excludes halogenated alkanes) is 13. The molecule has 0 aromatic rings. The van der Waals surface area contributed by atoms with Crippen molar-refractivity contribution in [1.29, 1.82) is 0 Å². The number of hydrogen-bond acceptors (Lipinski definition) is 6. The van der Waals surface area contributed by atoms with Crippen molar-refractivity contribution in [3.63, 3.8) is 0 Å². The monoisotopic (exact) mass is 584 g/mol. The lowest BCUT2D eigenvalue weighted by atomic mass is 10.0. The van der Waals surface area contributed by atoms with Gasteiger partial charge in [-0.25, -0.2) is 9.59 Å². The van der Waals surface area contributed by atoms with E-state index in [1.807, 2.05) is 0 Å². The third-order valence-electron chi connectivity index (χ3n) is 7.13. The molecule has 7 N–H and O–H groups in total. The molecule has 0 fully saturated rings. The highest BCUT2D eigenvalue weighted by Crippen LogP contribution is 2.13. The minimum Gasteiger partial charge on any atom is -0.480 e. The van der Waals surface area contributed by atoms with E-state index in [9.17, 15) is 34.2 Å². The number of nitrogens with two attached hydrogens (primary N) is 1.